The Morgan fingerprint density at radius 1 is 1.26 bits per heavy atom. The van der Waals surface area contributed by atoms with Crippen molar-refractivity contribution in [2.24, 2.45) is 5.92 Å². The molecule has 0 bridgehead atoms. The number of hydrogen-bond donors (Lipinski definition) is 1. The fraction of sp³-hybridized carbons (Fsp3) is 0.500. The van der Waals surface area contributed by atoms with E-state index in [-0.39, 0.29) is 30.2 Å². The summed E-state index contributed by atoms with van der Waals surface area (Å²) in [5.74, 6) is 6.18. The third-order valence-corrected chi connectivity index (χ3v) is 6.02. The highest BCUT2D eigenvalue weighted by atomic mass is 32.2. The molecular weight excluding hydrogens is 425 g/mol. The van der Waals surface area contributed by atoms with Gasteiger partial charge in [0.15, 0.2) is 5.82 Å². The number of esters is 1. The maximum atomic E-state index is 13.0. The van der Waals surface area contributed by atoms with E-state index in [4.69, 9.17) is 15.3 Å². The van der Waals surface area contributed by atoms with E-state index in [2.05, 4.69) is 10.2 Å². The normalized spacial score (nSPS) is 15.5. The minimum atomic E-state index is -0.420. The zero-order valence-corrected chi connectivity index (χ0v) is 18.3. The van der Waals surface area contributed by atoms with Crippen LogP contribution < -0.4 is 10.6 Å². The van der Waals surface area contributed by atoms with Crippen molar-refractivity contribution in [3.05, 3.63) is 35.9 Å². The van der Waals surface area contributed by atoms with Gasteiger partial charge in [-0.3, -0.25) is 9.59 Å². The monoisotopic (exact) mass is 451 g/mol. The van der Waals surface area contributed by atoms with Gasteiger partial charge in [0.25, 0.3) is 0 Å². The molecule has 2 N–H and O–H groups in total. The summed E-state index contributed by atoms with van der Waals surface area (Å²) in [4.78, 5) is 26.4. The van der Waals surface area contributed by atoms with Gasteiger partial charge in [0.2, 0.25) is 11.1 Å². The van der Waals surface area contributed by atoms with Gasteiger partial charge in [-0.25, -0.2) is 9.07 Å². The number of nitrogens with zero attached hydrogens (tertiary/aromatic N) is 4. The van der Waals surface area contributed by atoms with Crippen LogP contribution in [0.25, 0.3) is 0 Å². The fourth-order valence-corrected chi connectivity index (χ4v) is 4.10. The molecule has 31 heavy (non-hydrogen) atoms. The Kier molecular flexibility index (Phi) is 7.72. The first kappa shape index (κ1) is 22.9. The maximum Gasteiger partial charge on any atom is 0.309 e. The van der Waals surface area contributed by atoms with Gasteiger partial charge in [0.05, 0.1) is 17.8 Å². The lowest BCUT2D eigenvalue weighted by molar-refractivity contribution is -0.151. The standard InChI is InChI=1S/C20H26FN5O4S/c1-3-29-19(28)14-8-10-25(11-9-14)18(27)13(2)31-20-24-23-17(26(20)22)12-30-16-6-4-15(21)5-7-16/h4-7,13-14H,3,8-12,22H2,1-2H3. The number of ether oxygens (including phenoxy) is 2. The number of amides is 1. The third-order valence-electron chi connectivity index (χ3n) is 4.97. The zero-order valence-electron chi connectivity index (χ0n) is 17.5. The predicted molar refractivity (Wildman–Crippen MR) is 112 cm³/mol. The molecule has 1 aromatic carbocycles. The Balaban J connectivity index is 1.51. The summed E-state index contributed by atoms with van der Waals surface area (Å²) < 4.78 is 24.9. The molecule has 0 spiro atoms. The summed E-state index contributed by atoms with van der Waals surface area (Å²) in [5.41, 5.74) is 0. The molecule has 1 unspecified atom stereocenters. The van der Waals surface area contributed by atoms with Gasteiger partial charge in [-0.05, 0) is 51.0 Å². The summed E-state index contributed by atoms with van der Waals surface area (Å²) >= 11 is 1.21. The fourth-order valence-electron chi connectivity index (χ4n) is 3.23. The first-order valence-electron chi connectivity index (χ1n) is 10.1. The summed E-state index contributed by atoms with van der Waals surface area (Å²) in [7, 11) is 0. The van der Waals surface area contributed by atoms with Crippen LogP contribution in [-0.2, 0) is 20.9 Å². The topological polar surface area (TPSA) is 113 Å². The van der Waals surface area contributed by atoms with Crippen LogP contribution >= 0.6 is 11.8 Å². The van der Waals surface area contributed by atoms with Crippen molar-refractivity contribution < 1.29 is 23.5 Å². The summed E-state index contributed by atoms with van der Waals surface area (Å²) in [6, 6.07) is 5.61. The molecule has 11 heteroatoms. The van der Waals surface area contributed by atoms with Gasteiger partial charge < -0.3 is 20.2 Å². The van der Waals surface area contributed by atoms with Gasteiger partial charge in [-0.2, -0.15) is 0 Å². The van der Waals surface area contributed by atoms with E-state index in [9.17, 15) is 14.0 Å². The molecule has 0 radical (unpaired) electrons. The Morgan fingerprint density at radius 3 is 2.58 bits per heavy atom. The van der Waals surface area contributed by atoms with Crippen LogP contribution in [0.1, 0.15) is 32.5 Å². The molecule has 1 saturated heterocycles. The van der Waals surface area contributed by atoms with E-state index >= 15 is 0 Å². The molecular formula is C20H26FN5O4S. The second-order valence-corrected chi connectivity index (χ2v) is 8.43. The molecule has 1 atom stereocenters. The molecule has 1 aliphatic heterocycles. The van der Waals surface area contributed by atoms with Gasteiger partial charge in [0, 0.05) is 13.1 Å². The highest BCUT2D eigenvalue weighted by molar-refractivity contribution is 8.00. The average Bonchev–Trinajstić information content (AvgIpc) is 3.12. The largest absolute Gasteiger partial charge is 0.486 e. The third kappa shape index (κ3) is 5.87. The summed E-state index contributed by atoms with van der Waals surface area (Å²) in [5, 5.41) is 8.03. The van der Waals surface area contributed by atoms with Gasteiger partial charge in [-0.15, -0.1) is 10.2 Å². The molecule has 2 heterocycles. The van der Waals surface area contributed by atoms with Crippen molar-refractivity contribution >= 4 is 23.6 Å². The maximum absolute atomic E-state index is 13.0. The number of carbonyl (C=O) groups is 2. The number of likely N-dealkylation sites (tertiary alicyclic amines) is 1. The molecule has 9 nitrogen and oxygen atoms in total. The summed E-state index contributed by atoms with van der Waals surface area (Å²) in [6.07, 6.45) is 1.19. The molecule has 1 amide bonds. The van der Waals surface area contributed by atoms with Crippen molar-refractivity contribution in [1.29, 1.82) is 0 Å². The minimum absolute atomic E-state index is 0.0422. The highest BCUT2D eigenvalue weighted by Gasteiger charge is 2.31. The summed E-state index contributed by atoms with van der Waals surface area (Å²) in [6.45, 7) is 5.01. The second-order valence-electron chi connectivity index (χ2n) is 7.12. The molecule has 3 rings (SSSR count). The minimum Gasteiger partial charge on any atom is -0.486 e. The van der Waals surface area contributed by atoms with Crippen LogP contribution in [0.15, 0.2) is 29.4 Å². The molecule has 1 aromatic heterocycles. The quantitative estimate of drug-likeness (QED) is 0.368. The number of benzene rings is 1. The van der Waals surface area contributed by atoms with Crippen molar-refractivity contribution in [3.8, 4) is 5.75 Å². The Bertz CT molecular complexity index is 899. The lowest BCUT2D eigenvalue weighted by atomic mass is 9.97. The first-order valence-corrected chi connectivity index (χ1v) is 11.0. The number of aromatic nitrogens is 3. The molecule has 1 fully saturated rings. The lowest BCUT2D eigenvalue weighted by Crippen LogP contribution is -2.43. The number of thioether (sulfide) groups is 1. The highest BCUT2D eigenvalue weighted by Crippen LogP contribution is 2.25. The molecule has 1 aliphatic rings. The van der Waals surface area contributed by atoms with E-state index < -0.39 is 5.25 Å². The van der Waals surface area contributed by atoms with E-state index in [1.54, 1.807) is 18.7 Å². The van der Waals surface area contributed by atoms with E-state index in [0.717, 1.165) is 0 Å². The number of nitrogens with two attached hydrogens (primary N) is 1. The van der Waals surface area contributed by atoms with E-state index in [1.807, 2.05) is 0 Å². The molecule has 2 aromatic rings. The number of nitrogen functional groups attached to an aromatic ring is 1. The number of hydrogen-bond acceptors (Lipinski definition) is 8. The molecule has 0 aliphatic carbocycles. The second kappa shape index (κ2) is 10.5. The number of rotatable bonds is 8. The van der Waals surface area contributed by atoms with Crippen molar-refractivity contribution in [2.45, 2.75) is 43.7 Å². The molecule has 0 saturated carbocycles. The van der Waals surface area contributed by atoms with Gasteiger partial charge >= 0.3 is 5.97 Å². The van der Waals surface area contributed by atoms with Crippen LogP contribution in [0, 0.1) is 11.7 Å². The molecule has 168 valence electrons. The Labute approximate surface area is 184 Å². The SMILES string of the molecule is CCOC(=O)C1CCN(C(=O)C(C)Sc2nnc(COc3ccc(F)cc3)n2N)CC1. The Hall–Kier alpha value is -2.82. The van der Waals surface area contributed by atoms with Crippen molar-refractivity contribution in [2.75, 3.05) is 25.5 Å². The van der Waals surface area contributed by atoms with Crippen LogP contribution in [0.4, 0.5) is 4.39 Å². The Morgan fingerprint density at radius 2 is 1.94 bits per heavy atom. The van der Waals surface area contributed by atoms with Crippen LogP contribution in [-0.4, -0.2) is 56.6 Å². The van der Waals surface area contributed by atoms with Gasteiger partial charge in [0.1, 0.15) is 18.2 Å². The number of piperidine rings is 1. The van der Waals surface area contributed by atoms with E-state index in [0.29, 0.717) is 49.3 Å². The number of carbonyl (C=O) groups excluding carboxylic acids is 2. The van der Waals surface area contributed by atoms with Crippen molar-refractivity contribution in [1.82, 2.24) is 19.8 Å². The van der Waals surface area contributed by atoms with Crippen molar-refractivity contribution in [3.63, 3.8) is 0 Å². The van der Waals surface area contributed by atoms with Crippen LogP contribution in [0.3, 0.4) is 0 Å². The first-order chi connectivity index (χ1) is 14.9. The van der Waals surface area contributed by atoms with Gasteiger partial charge in [-0.1, -0.05) is 11.8 Å². The van der Waals surface area contributed by atoms with Crippen LogP contribution in [0.2, 0.25) is 0 Å². The predicted octanol–water partition coefficient (Wildman–Crippen LogP) is 1.99. The number of halogens is 1. The lowest BCUT2D eigenvalue weighted by Gasteiger charge is -2.32. The van der Waals surface area contributed by atoms with Crippen LogP contribution in [0.5, 0.6) is 5.75 Å². The van der Waals surface area contributed by atoms with E-state index in [1.165, 1.54) is 40.7 Å². The zero-order chi connectivity index (χ0) is 22.4. The average molecular weight is 452 g/mol. The smallest absolute Gasteiger partial charge is 0.309 e.